The van der Waals surface area contributed by atoms with Crippen molar-refractivity contribution in [3.05, 3.63) is 17.5 Å². The molecule has 1 aliphatic carbocycles. The molecule has 1 aliphatic rings. The number of carbonyl (C=O) groups excluding carboxylic acids is 2. The van der Waals surface area contributed by atoms with Gasteiger partial charge in [-0.2, -0.15) is 0 Å². The van der Waals surface area contributed by atoms with Crippen LogP contribution in [0.3, 0.4) is 0 Å². The molecule has 96 valence electrons. The second-order valence-corrected chi connectivity index (χ2v) is 5.44. The summed E-state index contributed by atoms with van der Waals surface area (Å²) in [4.78, 5) is 31.2. The molecule has 18 heavy (non-hydrogen) atoms. The quantitative estimate of drug-likeness (QED) is 0.830. The highest BCUT2D eigenvalue weighted by Crippen LogP contribution is 2.33. The third kappa shape index (κ3) is 2.67. The van der Waals surface area contributed by atoms with Gasteiger partial charge in [-0.15, -0.1) is 11.6 Å². The first-order chi connectivity index (χ1) is 8.41. The predicted octanol–water partition coefficient (Wildman–Crippen LogP) is 1.81. The van der Waals surface area contributed by atoms with Gasteiger partial charge in [-0.1, -0.05) is 13.8 Å². The zero-order valence-corrected chi connectivity index (χ0v) is 11.0. The molecule has 1 N–H and O–H groups in total. The fourth-order valence-corrected chi connectivity index (χ4v) is 2.12. The van der Waals surface area contributed by atoms with Gasteiger partial charge in [-0.05, 0) is 11.8 Å². The molecule has 0 saturated carbocycles. The number of ketones is 1. The Morgan fingerprint density at radius 3 is 2.89 bits per heavy atom. The summed E-state index contributed by atoms with van der Waals surface area (Å²) in [6, 6.07) is 0. The Kier molecular flexibility index (Phi) is 3.34. The van der Waals surface area contributed by atoms with Crippen molar-refractivity contribution in [2.45, 2.75) is 26.7 Å². The number of hydrogen-bond donors (Lipinski definition) is 1. The largest absolute Gasteiger partial charge is 0.294 e. The zero-order valence-electron chi connectivity index (χ0n) is 10.3. The maximum atomic E-state index is 11.9. The van der Waals surface area contributed by atoms with Crippen LogP contribution in [-0.4, -0.2) is 27.5 Å². The normalized spacial score (nSPS) is 17.2. The summed E-state index contributed by atoms with van der Waals surface area (Å²) in [5, 5.41) is 2.48. The number of nitrogens with one attached hydrogen (secondary N) is 1. The third-order valence-electron chi connectivity index (χ3n) is 2.83. The molecule has 5 nitrogen and oxygen atoms in total. The van der Waals surface area contributed by atoms with Crippen LogP contribution in [-0.2, 0) is 11.2 Å². The van der Waals surface area contributed by atoms with Crippen LogP contribution in [0.15, 0.2) is 6.20 Å². The van der Waals surface area contributed by atoms with Crippen molar-refractivity contribution in [3.8, 4) is 0 Å². The summed E-state index contributed by atoms with van der Waals surface area (Å²) in [5.41, 5.74) is 1.14. The lowest BCUT2D eigenvalue weighted by Gasteiger charge is -2.29. The topological polar surface area (TPSA) is 72.0 Å². The van der Waals surface area contributed by atoms with Crippen molar-refractivity contribution in [2.24, 2.45) is 5.41 Å². The van der Waals surface area contributed by atoms with Gasteiger partial charge in [0.15, 0.2) is 5.78 Å². The monoisotopic (exact) mass is 267 g/mol. The molecule has 0 bridgehead atoms. The summed E-state index contributed by atoms with van der Waals surface area (Å²) in [6.07, 6.45) is 2.67. The van der Waals surface area contributed by atoms with E-state index in [0.29, 0.717) is 24.1 Å². The standard InChI is InChI=1S/C12H14ClN3O2/c1-12(2)3-8-7(9(17)4-12)6-14-11(15-8)16-10(18)5-13/h6H,3-5H2,1-2H3,(H,14,15,16,18). The second-order valence-electron chi connectivity index (χ2n) is 5.18. The van der Waals surface area contributed by atoms with Gasteiger partial charge in [-0.25, -0.2) is 9.97 Å². The van der Waals surface area contributed by atoms with E-state index in [4.69, 9.17) is 11.6 Å². The van der Waals surface area contributed by atoms with Crippen LogP contribution in [0.4, 0.5) is 5.95 Å². The Balaban J connectivity index is 2.31. The SMILES string of the molecule is CC1(C)CC(=O)c2cnc(NC(=O)CCl)nc2C1. The number of rotatable bonds is 2. The minimum absolute atomic E-state index is 0.0523. The van der Waals surface area contributed by atoms with Crippen LogP contribution in [0.5, 0.6) is 0 Å². The molecule has 0 atom stereocenters. The van der Waals surface area contributed by atoms with Crippen molar-refractivity contribution in [3.63, 3.8) is 0 Å². The van der Waals surface area contributed by atoms with Crippen LogP contribution >= 0.6 is 11.6 Å². The number of fused-ring (bicyclic) bond motifs is 1. The summed E-state index contributed by atoms with van der Waals surface area (Å²) in [7, 11) is 0. The first-order valence-corrected chi connectivity index (χ1v) is 6.20. The van der Waals surface area contributed by atoms with Gasteiger partial charge in [0, 0.05) is 12.6 Å². The second kappa shape index (κ2) is 4.65. The lowest BCUT2D eigenvalue weighted by Crippen LogP contribution is -2.28. The van der Waals surface area contributed by atoms with Crippen LogP contribution in [0, 0.1) is 5.41 Å². The highest BCUT2D eigenvalue weighted by Gasteiger charge is 2.32. The minimum atomic E-state index is -0.363. The molecule has 1 heterocycles. The van der Waals surface area contributed by atoms with E-state index in [9.17, 15) is 9.59 Å². The Labute approximate surface area is 110 Å². The first-order valence-electron chi connectivity index (χ1n) is 5.66. The number of amides is 1. The fraction of sp³-hybridized carbons (Fsp3) is 0.500. The average Bonchev–Trinajstić information content (AvgIpc) is 2.26. The van der Waals surface area contributed by atoms with Gasteiger partial charge >= 0.3 is 0 Å². The van der Waals surface area contributed by atoms with E-state index in [1.165, 1.54) is 6.20 Å². The van der Waals surface area contributed by atoms with Gasteiger partial charge in [0.25, 0.3) is 0 Å². The molecule has 0 fully saturated rings. The molecule has 0 radical (unpaired) electrons. The molecule has 0 saturated heterocycles. The van der Waals surface area contributed by atoms with Crippen molar-refractivity contribution < 1.29 is 9.59 Å². The van der Waals surface area contributed by atoms with E-state index in [-0.39, 0.29) is 28.9 Å². The Morgan fingerprint density at radius 1 is 1.50 bits per heavy atom. The van der Waals surface area contributed by atoms with E-state index in [1.54, 1.807) is 0 Å². The van der Waals surface area contributed by atoms with Crippen LogP contribution in [0.25, 0.3) is 0 Å². The molecular weight excluding hydrogens is 254 g/mol. The molecule has 0 aromatic carbocycles. The molecular formula is C12H14ClN3O2. The van der Waals surface area contributed by atoms with Crippen LogP contribution in [0.2, 0.25) is 0 Å². The summed E-state index contributed by atoms with van der Waals surface area (Å²) >= 11 is 5.39. The van der Waals surface area contributed by atoms with Crippen molar-refractivity contribution in [2.75, 3.05) is 11.2 Å². The summed E-state index contributed by atoms with van der Waals surface area (Å²) in [5.74, 6) is -0.260. The van der Waals surface area contributed by atoms with Gasteiger partial charge < -0.3 is 0 Å². The number of anilines is 1. The van der Waals surface area contributed by atoms with Gasteiger partial charge in [0.2, 0.25) is 11.9 Å². The molecule has 6 heteroatoms. The van der Waals surface area contributed by atoms with Gasteiger partial charge in [0.1, 0.15) is 5.88 Å². The minimum Gasteiger partial charge on any atom is -0.294 e. The maximum absolute atomic E-state index is 11.9. The average molecular weight is 268 g/mol. The molecule has 1 aromatic rings. The maximum Gasteiger partial charge on any atom is 0.241 e. The predicted molar refractivity (Wildman–Crippen MR) is 67.8 cm³/mol. The first kappa shape index (κ1) is 13.0. The number of nitrogens with zero attached hydrogens (tertiary/aromatic N) is 2. The van der Waals surface area contributed by atoms with Crippen molar-refractivity contribution in [1.82, 2.24) is 9.97 Å². The Hall–Kier alpha value is -1.49. The Bertz CT molecular complexity index is 514. The van der Waals surface area contributed by atoms with Gasteiger partial charge in [0.05, 0.1) is 11.3 Å². The third-order valence-corrected chi connectivity index (χ3v) is 3.07. The Morgan fingerprint density at radius 2 is 2.22 bits per heavy atom. The fourth-order valence-electron chi connectivity index (χ4n) is 2.05. The van der Waals surface area contributed by atoms with E-state index in [0.717, 1.165) is 0 Å². The molecule has 0 spiro atoms. The highest BCUT2D eigenvalue weighted by molar-refractivity contribution is 6.28. The molecule has 0 unspecified atom stereocenters. The number of halogens is 1. The zero-order chi connectivity index (χ0) is 13.3. The van der Waals surface area contributed by atoms with E-state index >= 15 is 0 Å². The smallest absolute Gasteiger partial charge is 0.241 e. The van der Waals surface area contributed by atoms with Crippen molar-refractivity contribution in [1.29, 1.82) is 0 Å². The number of alkyl halides is 1. The molecule has 2 rings (SSSR count). The van der Waals surface area contributed by atoms with E-state index in [2.05, 4.69) is 15.3 Å². The van der Waals surface area contributed by atoms with Gasteiger partial charge in [-0.3, -0.25) is 14.9 Å². The molecule has 1 amide bonds. The van der Waals surface area contributed by atoms with Crippen LogP contribution < -0.4 is 5.32 Å². The summed E-state index contributed by atoms with van der Waals surface area (Å²) < 4.78 is 0. The van der Waals surface area contributed by atoms with Crippen molar-refractivity contribution >= 4 is 29.2 Å². The molecule has 0 aliphatic heterocycles. The summed E-state index contributed by atoms with van der Waals surface area (Å²) in [6.45, 7) is 4.04. The number of aromatic nitrogens is 2. The van der Waals surface area contributed by atoms with E-state index < -0.39 is 0 Å². The lowest BCUT2D eigenvalue weighted by molar-refractivity contribution is -0.114. The lowest BCUT2D eigenvalue weighted by atomic mass is 9.76. The number of Topliss-reactive ketones (excluding diaryl/α,β-unsaturated/α-hetero) is 1. The van der Waals surface area contributed by atoms with Crippen LogP contribution in [0.1, 0.15) is 36.3 Å². The number of carbonyl (C=O) groups is 2. The highest BCUT2D eigenvalue weighted by atomic mass is 35.5. The van der Waals surface area contributed by atoms with E-state index in [1.807, 2.05) is 13.8 Å². The molecule has 1 aromatic heterocycles. The number of hydrogen-bond acceptors (Lipinski definition) is 4.